The summed E-state index contributed by atoms with van der Waals surface area (Å²) < 4.78 is 23.0. The van der Waals surface area contributed by atoms with E-state index in [9.17, 15) is 19.5 Å². The van der Waals surface area contributed by atoms with Gasteiger partial charge in [-0.3, -0.25) is 9.59 Å². The predicted octanol–water partition coefficient (Wildman–Crippen LogP) is 24.4. The van der Waals surface area contributed by atoms with Crippen molar-refractivity contribution in [3.05, 3.63) is 97.2 Å². The molecule has 0 aliphatic carbocycles. The van der Waals surface area contributed by atoms with Crippen LogP contribution in [0, 0.1) is 0 Å². The van der Waals surface area contributed by atoms with Crippen LogP contribution in [0.2, 0.25) is 0 Å². The minimum atomic E-state index is -1.52. The van der Waals surface area contributed by atoms with Crippen LogP contribution in [0.15, 0.2) is 97.2 Å². The number of carboxylic acids is 1. The smallest absolute Gasteiger partial charge is 0.361 e. The zero-order chi connectivity index (χ0) is 66.1. The van der Waals surface area contributed by atoms with Crippen molar-refractivity contribution < 1.29 is 42.9 Å². The number of likely N-dealkylation sites (N-methyl/N-ethyl adjacent to an activating group) is 1. The zero-order valence-electron chi connectivity index (χ0n) is 60.2. The third kappa shape index (κ3) is 73.5. The van der Waals surface area contributed by atoms with Crippen LogP contribution in [0.4, 0.5) is 0 Å². The van der Waals surface area contributed by atoms with E-state index in [-0.39, 0.29) is 32.2 Å². The molecule has 9 heteroatoms. The predicted molar refractivity (Wildman–Crippen MR) is 392 cm³/mol. The standard InChI is InChI=1S/C82H145NO8/c1-6-8-10-12-14-16-18-20-22-24-26-28-30-32-34-35-36-37-38-39-40-41-42-43-44-45-47-48-50-52-54-56-58-60-62-64-66-68-70-72-79(84)89-76-78(77-90-82(81(86)87)88-75-74-83(3,4)5)91-80(85)73-71-69-67-65-63-61-59-57-55-53-51-49-46-33-31-29-27-25-23-21-19-17-15-13-11-9-7-2/h9,11,15,17-18,20-21,23-24,26-27,29-30,32-33,46,78,82H,6-8,10,12-14,16,19,22,25,28,31,34-45,47-77H2,1-5H3/p+1/b11-9-,17-15-,20-18-,23-21-,26-24-,29-27-,32-30-,46-33-. The lowest BCUT2D eigenvalue weighted by molar-refractivity contribution is -0.870. The minimum Gasteiger partial charge on any atom is -0.477 e. The summed E-state index contributed by atoms with van der Waals surface area (Å²) in [4.78, 5) is 37.7. The highest BCUT2D eigenvalue weighted by molar-refractivity contribution is 5.71. The summed E-state index contributed by atoms with van der Waals surface area (Å²) in [7, 11) is 5.98. The van der Waals surface area contributed by atoms with Crippen LogP contribution in [-0.2, 0) is 33.3 Å². The third-order valence-corrected chi connectivity index (χ3v) is 16.8. The van der Waals surface area contributed by atoms with Gasteiger partial charge in [0.15, 0.2) is 6.10 Å². The van der Waals surface area contributed by atoms with E-state index in [1.54, 1.807) is 0 Å². The Labute approximate surface area is 562 Å². The number of carbonyl (C=O) groups excluding carboxylic acids is 2. The summed E-state index contributed by atoms with van der Waals surface area (Å²) in [6.45, 7) is 4.79. The van der Waals surface area contributed by atoms with Gasteiger partial charge in [0.25, 0.3) is 6.29 Å². The van der Waals surface area contributed by atoms with E-state index >= 15 is 0 Å². The number of carbonyl (C=O) groups is 3. The van der Waals surface area contributed by atoms with Crippen molar-refractivity contribution in [3.8, 4) is 0 Å². The normalized spacial score (nSPS) is 13.2. The summed E-state index contributed by atoms with van der Waals surface area (Å²) in [5.74, 6) is -1.99. The average Bonchev–Trinajstić information content (AvgIpc) is 3.46. The second-order valence-electron chi connectivity index (χ2n) is 26.9. The molecule has 0 amide bonds. The van der Waals surface area contributed by atoms with Crippen molar-refractivity contribution in [1.82, 2.24) is 0 Å². The molecule has 2 atom stereocenters. The van der Waals surface area contributed by atoms with Gasteiger partial charge in [0, 0.05) is 12.8 Å². The first-order chi connectivity index (χ1) is 44.6. The Morgan fingerprint density at radius 3 is 0.934 bits per heavy atom. The molecule has 0 saturated heterocycles. The second-order valence-corrected chi connectivity index (χ2v) is 26.9. The molecule has 0 aliphatic heterocycles. The number of allylic oxidation sites excluding steroid dienone is 16. The summed E-state index contributed by atoms with van der Waals surface area (Å²) >= 11 is 0. The van der Waals surface area contributed by atoms with Crippen molar-refractivity contribution in [3.63, 3.8) is 0 Å². The second kappa shape index (κ2) is 72.0. The van der Waals surface area contributed by atoms with Crippen LogP contribution in [0.5, 0.6) is 0 Å². The molecule has 0 heterocycles. The lowest BCUT2D eigenvalue weighted by atomic mass is 10.0. The van der Waals surface area contributed by atoms with E-state index in [0.717, 1.165) is 83.5 Å². The number of carboxylic acid groups (broad SMARTS) is 1. The average molecular weight is 1270 g/mol. The lowest BCUT2D eigenvalue weighted by Crippen LogP contribution is -2.40. The molecule has 9 nitrogen and oxygen atoms in total. The Kier molecular flexibility index (Phi) is 69.0. The van der Waals surface area contributed by atoms with E-state index in [0.29, 0.717) is 23.9 Å². The van der Waals surface area contributed by atoms with Crippen molar-refractivity contribution in [2.24, 2.45) is 0 Å². The van der Waals surface area contributed by atoms with Gasteiger partial charge < -0.3 is 28.5 Å². The van der Waals surface area contributed by atoms with Gasteiger partial charge in [-0.1, -0.05) is 336 Å². The number of aliphatic carboxylic acids is 1. The summed E-state index contributed by atoms with van der Waals surface area (Å²) in [5, 5.41) is 9.76. The highest BCUT2D eigenvalue weighted by Gasteiger charge is 2.25. The molecular formula is C82H146NO8+. The van der Waals surface area contributed by atoms with E-state index in [1.165, 1.54) is 231 Å². The van der Waals surface area contributed by atoms with Crippen molar-refractivity contribution >= 4 is 17.9 Å². The maximum absolute atomic E-state index is 13.0. The fourth-order valence-corrected chi connectivity index (χ4v) is 11.0. The quantitative estimate of drug-likeness (QED) is 0.0211. The number of unbranched alkanes of at least 4 members (excludes halogenated alkanes) is 40. The molecule has 526 valence electrons. The fourth-order valence-electron chi connectivity index (χ4n) is 11.0. The fraction of sp³-hybridized carbons (Fsp3) is 0.768. The van der Waals surface area contributed by atoms with Crippen LogP contribution in [0.1, 0.15) is 348 Å². The van der Waals surface area contributed by atoms with Gasteiger partial charge in [0.05, 0.1) is 34.4 Å². The first-order valence-corrected chi connectivity index (χ1v) is 38.4. The summed E-state index contributed by atoms with van der Waals surface area (Å²) in [6.07, 6.45) is 96.9. The van der Waals surface area contributed by atoms with Crippen molar-refractivity contribution in [2.75, 3.05) is 47.5 Å². The maximum atomic E-state index is 13.0. The monoisotopic (exact) mass is 1270 g/mol. The molecule has 0 aromatic carbocycles. The largest absolute Gasteiger partial charge is 0.477 e. The zero-order valence-corrected chi connectivity index (χ0v) is 60.2. The van der Waals surface area contributed by atoms with Crippen LogP contribution in [0.25, 0.3) is 0 Å². The Morgan fingerprint density at radius 1 is 0.341 bits per heavy atom. The number of rotatable bonds is 71. The molecule has 0 saturated carbocycles. The molecule has 0 radical (unpaired) electrons. The highest BCUT2D eigenvalue weighted by atomic mass is 16.7. The maximum Gasteiger partial charge on any atom is 0.361 e. The third-order valence-electron chi connectivity index (χ3n) is 16.8. The molecule has 2 unspecified atom stereocenters. The molecule has 1 N–H and O–H groups in total. The minimum absolute atomic E-state index is 0.183. The van der Waals surface area contributed by atoms with Gasteiger partial charge in [-0.2, -0.15) is 0 Å². The van der Waals surface area contributed by atoms with Crippen LogP contribution < -0.4 is 0 Å². The van der Waals surface area contributed by atoms with E-state index in [1.807, 2.05) is 21.1 Å². The van der Waals surface area contributed by atoms with Crippen molar-refractivity contribution in [1.29, 1.82) is 0 Å². The van der Waals surface area contributed by atoms with E-state index in [4.69, 9.17) is 18.9 Å². The first kappa shape index (κ1) is 87.2. The van der Waals surface area contributed by atoms with Gasteiger partial charge >= 0.3 is 17.9 Å². The Balaban J connectivity index is 4.00. The molecule has 91 heavy (non-hydrogen) atoms. The molecule has 0 spiro atoms. The Hall–Kier alpha value is -3.79. The van der Waals surface area contributed by atoms with Gasteiger partial charge in [-0.25, -0.2) is 4.79 Å². The van der Waals surface area contributed by atoms with Crippen LogP contribution in [-0.4, -0.2) is 87.4 Å². The van der Waals surface area contributed by atoms with Crippen LogP contribution in [0.3, 0.4) is 0 Å². The molecule has 0 aliphatic rings. The molecule has 0 aromatic rings. The molecule has 0 bridgehead atoms. The molecular weight excluding hydrogens is 1130 g/mol. The number of ether oxygens (including phenoxy) is 4. The summed E-state index contributed by atoms with van der Waals surface area (Å²) in [6, 6.07) is 0. The van der Waals surface area contributed by atoms with Gasteiger partial charge in [0.2, 0.25) is 0 Å². The number of esters is 2. The van der Waals surface area contributed by atoms with Gasteiger partial charge in [-0.05, 0) is 96.3 Å². The lowest BCUT2D eigenvalue weighted by Gasteiger charge is -2.25. The molecule has 0 aromatic heterocycles. The van der Waals surface area contributed by atoms with Gasteiger partial charge in [0.1, 0.15) is 13.2 Å². The molecule has 0 rings (SSSR count). The molecule has 0 fully saturated rings. The first-order valence-electron chi connectivity index (χ1n) is 38.4. The Morgan fingerprint density at radius 2 is 0.626 bits per heavy atom. The number of nitrogens with zero attached hydrogens (tertiary/aromatic N) is 1. The van der Waals surface area contributed by atoms with Crippen LogP contribution >= 0.6 is 0 Å². The number of hydrogen-bond donors (Lipinski definition) is 1. The van der Waals surface area contributed by atoms with E-state index < -0.39 is 24.3 Å². The van der Waals surface area contributed by atoms with Gasteiger partial charge in [-0.15, -0.1) is 0 Å². The number of hydrogen-bond acceptors (Lipinski definition) is 7. The SMILES string of the molecule is CC/C=C\C/C=C\C/C=C\C/C=C\C/C=C\CCCCCCCCCCCCCC(=O)OC(COC(=O)CCCCCCCCCCCCCCCCCCCCCCCCCC/C=C\C/C=C\C/C=C\CCCCCCC)COC(OCC[N+](C)(C)C)C(=O)O. The van der Waals surface area contributed by atoms with Crippen molar-refractivity contribution in [2.45, 2.75) is 360 Å². The number of quaternary nitrogens is 1. The topological polar surface area (TPSA) is 108 Å². The van der Waals surface area contributed by atoms with E-state index in [2.05, 4.69) is 111 Å². The summed E-state index contributed by atoms with van der Waals surface area (Å²) in [5.41, 5.74) is 0. The Bertz CT molecular complexity index is 1820. The highest BCUT2D eigenvalue weighted by Crippen LogP contribution is 2.18.